The lowest BCUT2D eigenvalue weighted by Gasteiger charge is -1.97. The highest BCUT2D eigenvalue weighted by Gasteiger charge is 2.15. The van der Waals surface area contributed by atoms with Gasteiger partial charge in [0.05, 0.1) is 10.2 Å². The Bertz CT molecular complexity index is 955. The van der Waals surface area contributed by atoms with Gasteiger partial charge in [0.1, 0.15) is 6.54 Å². The molecule has 2 heterocycles. The van der Waals surface area contributed by atoms with Crippen LogP contribution in [0.3, 0.4) is 0 Å². The number of rotatable bonds is 4. The van der Waals surface area contributed by atoms with E-state index in [4.69, 9.17) is 0 Å². The third-order valence-corrected chi connectivity index (χ3v) is 4.10. The minimum absolute atomic E-state index is 0.209. The maximum atomic E-state index is 11.8. The molecule has 0 spiro atoms. The molecule has 0 aliphatic rings. The van der Waals surface area contributed by atoms with Crippen molar-refractivity contribution < 1.29 is 9.72 Å². The summed E-state index contributed by atoms with van der Waals surface area (Å²) in [6.45, 7) is -0.209. The van der Waals surface area contributed by atoms with Gasteiger partial charge in [0.25, 0.3) is 5.91 Å². The Labute approximate surface area is 132 Å². The van der Waals surface area contributed by atoms with Crippen LogP contribution in [0.25, 0.3) is 10.2 Å². The summed E-state index contributed by atoms with van der Waals surface area (Å²) in [5.41, 5.74) is 3.42. The summed E-state index contributed by atoms with van der Waals surface area (Å²) < 4.78 is 3.99. The SMILES string of the molecule is Cn1/c(=N\NC(=O)Cn2cnc([N+](=O)[O-])n2)sc2ccccc21. The van der Waals surface area contributed by atoms with E-state index in [9.17, 15) is 14.9 Å². The van der Waals surface area contributed by atoms with Crippen molar-refractivity contribution in [1.82, 2.24) is 24.8 Å². The molecule has 1 amide bonds. The van der Waals surface area contributed by atoms with E-state index in [1.54, 1.807) is 0 Å². The van der Waals surface area contributed by atoms with Crippen LogP contribution in [0.15, 0.2) is 35.7 Å². The summed E-state index contributed by atoms with van der Waals surface area (Å²) in [6, 6.07) is 7.78. The van der Waals surface area contributed by atoms with Crippen LogP contribution >= 0.6 is 11.3 Å². The quantitative estimate of drug-likeness (QED) is 0.546. The lowest BCUT2D eigenvalue weighted by Crippen LogP contribution is -2.26. The van der Waals surface area contributed by atoms with E-state index in [-0.39, 0.29) is 6.54 Å². The highest BCUT2D eigenvalue weighted by atomic mass is 32.1. The second-order valence-electron chi connectivity index (χ2n) is 4.56. The molecule has 0 atom stereocenters. The first-order chi connectivity index (χ1) is 11.0. The molecule has 0 saturated carbocycles. The molecule has 23 heavy (non-hydrogen) atoms. The van der Waals surface area contributed by atoms with Crippen molar-refractivity contribution in [3.05, 3.63) is 45.5 Å². The summed E-state index contributed by atoms with van der Waals surface area (Å²) in [5.74, 6) is -1.01. The fourth-order valence-electron chi connectivity index (χ4n) is 1.93. The molecule has 1 aromatic carbocycles. The summed E-state index contributed by atoms with van der Waals surface area (Å²) in [6.07, 6.45) is 1.12. The van der Waals surface area contributed by atoms with Crippen LogP contribution in [-0.4, -0.2) is 30.2 Å². The summed E-state index contributed by atoms with van der Waals surface area (Å²) >= 11 is 1.44. The fourth-order valence-corrected chi connectivity index (χ4v) is 2.90. The van der Waals surface area contributed by atoms with Gasteiger partial charge in [-0.05, 0) is 17.1 Å². The number of benzene rings is 1. The molecule has 10 nitrogen and oxygen atoms in total. The van der Waals surface area contributed by atoms with Crippen LogP contribution < -0.4 is 10.2 Å². The Morgan fingerprint density at radius 3 is 2.96 bits per heavy atom. The molecule has 0 aliphatic carbocycles. The fraction of sp³-hybridized carbons (Fsp3) is 0.167. The Morgan fingerprint density at radius 2 is 2.26 bits per heavy atom. The minimum atomic E-state index is -0.726. The van der Waals surface area contributed by atoms with Gasteiger partial charge in [-0.3, -0.25) is 4.79 Å². The van der Waals surface area contributed by atoms with Gasteiger partial charge < -0.3 is 14.7 Å². The van der Waals surface area contributed by atoms with Crippen LogP contribution in [-0.2, 0) is 18.4 Å². The topological polar surface area (TPSA) is 120 Å². The van der Waals surface area contributed by atoms with Gasteiger partial charge in [0, 0.05) is 12.1 Å². The molecular formula is C12H11N7O3S. The Morgan fingerprint density at radius 1 is 1.48 bits per heavy atom. The van der Waals surface area contributed by atoms with Crippen molar-refractivity contribution in [3.63, 3.8) is 0 Å². The van der Waals surface area contributed by atoms with Gasteiger partial charge >= 0.3 is 5.95 Å². The van der Waals surface area contributed by atoms with Crippen molar-refractivity contribution in [1.29, 1.82) is 0 Å². The van der Waals surface area contributed by atoms with Crippen LogP contribution in [0, 0.1) is 10.1 Å². The predicted molar refractivity (Wildman–Crippen MR) is 81.2 cm³/mol. The first-order valence-corrected chi connectivity index (χ1v) is 7.27. The Hall–Kier alpha value is -3.08. The van der Waals surface area contributed by atoms with E-state index in [1.807, 2.05) is 35.9 Å². The van der Waals surface area contributed by atoms with Gasteiger partial charge in [-0.1, -0.05) is 28.5 Å². The van der Waals surface area contributed by atoms with Crippen LogP contribution in [0.4, 0.5) is 5.95 Å². The molecule has 0 aliphatic heterocycles. The molecule has 1 N–H and O–H groups in total. The molecule has 0 unspecified atom stereocenters. The second-order valence-corrected chi connectivity index (χ2v) is 5.57. The van der Waals surface area contributed by atoms with Gasteiger partial charge in [-0.2, -0.15) is 4.68 Å². The molecule has 3 rings (SSSR count). The number of carbonyl (C=O) groups is 1. The number of nitrogens with zero attached hydrogens (tertiary/aromatic N) is 6. The zero-order chi connectivity index (χ0) is 16.4. The molecule has 118 valence electrons. The maximum Gasteiger partial charge on any atom is 0.490 e. The molecule has 0 fully saturated rings. The summed E-state index contributed by atoms with van der Waals surface area (Å²) in [5, 5.41) is 18.1. The molecular weight excluding hydrogens is 322 g/mol. The molecule has 11 heteroatoms. The van der Waals surface area contributed by atoms with Crippen molar-refractivity contribution in [2.24, 2.45) is 12.1 Å². The highest BCUT2D eigenvalue weighted by molar-refractivity contribution is 7.16. The van der Waals surface area contributed by atoms with Gasteiger partial charge in [0.2, 0.25) is 11.1 Å². The average Bonchev–Trinajstić information content (AvgIpc) is 3.11. The first-order valence-electron chi connectivity index (χ1n) is 6.45. The number of aromatic nitrogens is 4. The van der Waals surface area contributed by atoms with E-state index in [0.29, 0.717) is 4.80 Å². The van der Waals surface area contributed by atoms with Crippen LogP contribution in [0.5, 0.6) is 0 Å². The lowest BCUT2D eigenvalue weighted by atomic mass is 10.3. The standard InChI is InChI=1S/C12H11N7O3S/c1-17-8-4-2-3-5-9(8)23-12(17)15-14-10(20)6-18-7-13-11(16-18)19(21)22/h2-5,7H,6H2,1H3,(H,14,20)/b15-12+. The average molecular weight is 333 g/mol. The predicted octanol–water partition coefficient (Wildman–Crippen LogP) is 0.372. The normalized spacial score (nSPS) is 11.8. The van der Waals surface area contributed by atoms with E-state index >= 15 is 0 Å². The lowest BCUT2D eigenvalue weighted by molar-refractivity contribution is -0.394. The number of carbonyl (C=O) groups excluding carboxylic acids is 1. The van der Waals surface area contributed by atoms with Crippen molar-refractivity contribution in [3.8, 4) is 0 Å². The molecule has 0 saturated heterocycles. The Balaban J connectivity index is 1.74. The van der Waals surface area contributed by atoms with Crippen LogP contribution in [0.1, 0.15) is 0 Å². The second kappa shape index (κ2) is 5.96. The number of para-hydroxylation sites is 1. The zero-order valence-electron chi connectivity index (χ0n) is 11.9. The third kappa shape index (κ3) is 3.08. The van der Waals surface area contributed by atoms with Gasteiger partial charge in [-0.15, -0.1) is 5.10 Å². The van der Waals surface area contributed by atoms with Crippen LogP contribution in [0.2, 0.25) is 0 Å². The maximum absolute atomic E-state index is 11.8. The highest BCUT2D eigenvalue weighted by Crippen LogP contribution is 2.14. The third-order valence-electron chi connectivity index (χ3n) is 2.98. The van der Waals surface area contributed by atoms with E-state index in [1.165, 1.54) is 11.3 Å². The Kier molecular flexibility index (Phi) is 3.85. The zero-order valence-corrected chi connectivity index (χ0v) is 12.7. The number of aryl methyl sites for hydroxylation is 1. The van der Waals surface area contributed by atoms with Crippen molar-refractivity contribution >= 4 is 33.4 Å². The number of hydrogen-bond acceptors (Lipinski definition) is 7. The first kappa shape index (κ1) is 14.8. The summed E-state index contributed by atoms with van der Waals surface area (Å²) in [4.78, 5) is 25.7. The number of nitrogens with one attached hydrogen (secondary N) is 1. The molecule has 2 aromatic heterocycles. The van der Waals surface area contributed by atoms with E-state index in [2.05, 4.69) is 20.6 Å². The van der Waals surface area contributed by atoms with E-state index < -0.39 is 16.8 Å². The summed E-state index contributed by atoms with van der Waals surface area (Å²) in [7, 11) is 1.85. The van der Waals surface area contributed by atoms with Gasteiger partial charge in [-0.25, -0.2) is 5.43 Å². The number of thiazole rings is 1. The largest absolute Gasteiger partial charge is 0.490 e. The number of fused-ring (bicyclic) bond motifs is 1. The van der Waals surface area contributed by atoms with E-state index in [0.717, 1.165) is 21.2 Å². The monoisotopic (exact) mass is 333 g/mol. The smallest absolute Gasteiger partial charge is 0.390 e. The molecule has 0 radical (unpaired) electrons. The molecule has 0 bridgehead atoms. The van der Waals surface area contributed by atoms with Crippen molar-refractivity contribution in [2.45, 2.75) is 6.54 Å². The number of nitro groups is 1. The molecule has 3 aromatic rings. The van der Waals surface area contributed by atoms with Gasteiger partial charge in [0.15, 0.2) is 0 Å². The van der Waals surface area contributed by atoms with Crippen molar-refractivity contribution in [2.75, 3.05) is 0 Å². The minimum Gasteiger partial charge on any atom is -0.390 e. The number of amides is 1. The number of hydrogen-bond donors (Lipinski definition) is 1.